The zero-order valence-electron chi connectivity index (χ0n) is 19.2. The average molecular weight is 445 g/mol. The van der Waals surface area contributed by atoms with Gasteiger partial charge in [-0.05, 0) is 25.7 Å². The smallest absolute Gasteiger partial charge is 0.315 e. The molecular formula is C23H40O8. The van der Waals surface area contributed by atoms with Crippen molar-refractivity contribution in [3.8, 4) is 0 Å². The molecule has 0 rings (SSSR count). The molecule has 8 nitrogen and oxygen atoms in total. The summed E-state index contributed by atoms with van der Waals surface area (Å²) in [5, 5.41) is 8.67. The summed E-state index contributed by atoms with van der Waals surface area (Å²) in [7, 11) is 0. The van der Waals surface area contributed by atoms with Gasteiger partial charge in [0.2, 0.25) is 6.79 Å². The molecule has 0 aliphatic rings. The number of ether oxygens (including phenoxy) is 3. The van der Waals surface area contributed by atoms with E-state index in [-0.39, 0.29) is 19.0 Å². The summed E-state index contributed by atoms with van der Waals surface area (Å²) < 4.78 is 15.3. The summed E-state index contributed by atoms with van der Waals surface area (Å²) in [5.74, 6) is -2.75. The van der Waals surface area contributed by atoms with Gasteiger partial charge in [0.25, 0.3) is 0 Å². The Hall–Kier alpha value is -2.12. The lowest BCUT2D eigenvalue weighted by Gasteiger charge is -2.16. The van der Waals surface area contributed by atoms with E-state index in [4.69, 9.17) is 19.3 Å². The van der Waals surface area contributed by atoms with Crippen LogP contribution < -0.4 is 0 Å². The number of rotatable bonds is 20. The van der Waals surface area contributed by atoms with Crippen LogP contribution in [0.1, 0.15) is 104 Å². The van der Waals surface area contributed by atoms with E-state index >= 15 is 0 Å². The number of carbonyl (C=O) groups excluding carboxylic acids is 3. The highest BCUT2D eigenvalue weighted by molar-refractivity contribution is 5.74. The molecule has 8 heteroatoms. The molecule has 0 aromatic heterocycles. The van der Waals surface area contributed by atoms with Gasteiger partial charge in [0, 0.05) is 19.3 Å². The lowest BCUT2D eigenvalue weighted by molar-refractivity contribution is -0.172. The van der Waals surface area contributed by atoms with Crippen LogP contribution in [0, 0.1) is 5.92 Å². The molecule has 1 N–H and O–H groups in total. The average Bonchev–Trinajstić information content (AvgIpc) is 2.72. The Kier molecular flexibility index (Phi) is 18.5. The van der Waals surface area contributed by atoms with Crippen molar-refractivity contribution in [2.75, 3.05) is 13.4 Å². The Labute approximate surface area is 186 Å². The number of carbonyl (C=O) groups is 4. The quantitative estimate of drug-likeness (QED) is 0.162. The summed E-state index contributed by atoms with van der Waals surface area (Å²) in [6.07, 6.45) is 9.36. The van der Waals surface area contributed by atoms with Gasteiger partial charge in [0.05, 0.1) is 5.92 Å². The van der Waals surface area contributed by atoms with Crippen molar-refractivity contribution in [3.05, 3.63) is 0 Å². The minimum Gasteiger partial charge on any atom is -0.481 e. The molecule has 0 saturated heterocycles. The molecule has 0 spiro atoms. The molecular weight excluding hydrogens is 404 g/mol. The van der Waals surface area contributed by atoms with Crippen LogP contribution in [-0.2, 0) is 33.4 Å². The molecule has 0 fully saturated rings. The van der Waals surface area contributed by atoms with E-state index < -0.39 is 30.6 Å². The van der Waals surface area contributed by atoms with Gasteiger partial charge >= 0.3 is 23.9 Å². The van der Waals surface area contributed by atoms with E-state index in [1.807, 2.05) is 13.8 Å². The van der Waals surface area contributed by atoms with Gasteiger partial charge in [0.1, 0.15) is 6.61 Å². The first kappa shape index (κ1) is 28.9. The molecule has 0 saturated carbocycles. The van der Waals surface area contributed by atoms with Gasteiger partial charge in [0.15, 0.2) is 0 Å². The van der Waals surface area contributed by atoms with Crippen LogP contribution in [-0.4, -0.2) is 42.4 Å². The van der Waals surface area contributed by atoms with Gasteiger partial charge in [-0.15, -0.1) is 0 Å². The predicted octanol–water partition coefficient (Wildman–Crippen LogP) is 4.78. The maximum absolute atomic E-state index is 12.4. The highest BCUT2D eigenvalue weighted by Crippen LogP contribution is 2.15. The highest BCUT2D eigenvalue weighted by Gasteiger charge is 2.22. The molecule has 31 heavy (non-hydrogen) atoms. The maximum Gasteiger partial charge on any atom is 0.315 e. The molecule has 0 amide bonds. The molecule has 1 unspecified atom stereocenters. The Morgan fingerprint density at radius 1 is 0.677 bits per heavy atom. The first-order valence-electron chi connectivity index (χ1n) is 11.6. The highest BCUT2D eigenvalue weighted by atomic mass is 16.7. The summed E-state index contributed by atoms with van der Waals surface area (Å²) in [4.78, 5) is 46.4. The van der Waals surface area contributed by atoms with Crippen LogP contribution in [0.15, 0.2) is 0 Å². The van der Waals surface area contributed by atoms with Crippen LogP contribution >= 0.6 is 0 Å². The second kappa shape index (κ2) is 19.8. The Morgan fingerprint density at radius 3 is 1.81 bits per heavy atom. The molecule has 0 aromatic carbocycles. The van der Waals surface area contributed by atoms with Crippen molar-refractivity contribution in [1.82, 2.24) is 0 Å². The third-order valence-electron chi connectivity index (χ3n) is 4.86. The van der Waals surface area contributed by atoms with E-state index in [0.717, 1.165) is 51.4 Å². The molecule has 180 valence electrons. The van der Waals surface area contributed by atoms with Crippen molar-refractivity contribution in [1.29, 1.82) is 0 Å². The molecule has 0 aromatic rings. The van der Waals surface area contributed by atoms with E-state index in [1.165, 1.54) is 0 Å². The van der Waals surface area contributed by atoms with Gasteiger partial charge in [-0.1, -0.05) is 58.8 Å². The first-order valence-corrected chi connectivity index (χ1v) is 11.6. The minimum atomic E-state index is -0.819. The van der Waals surface area contributed by atoms with E-state index in [0.29, 0.717) is 32.1 Å². The zero-order valence-corrected chi connectivity index (χ0v) is 19.2. The van der Waals surface area contributed by atoms with Crippen molar-refractivity contribution < 1.29 is 38.5 Å². The fourth-order valence-corrected chi connectivity index (χ4v) is 2.94. The molecule has 0 heterocycles. The number of esters is 3. The van der Waals surface area contributed by atoms with Crippen LogP contribution in [0.5, 0.6) is 0 Å². The molecule has 0 aliphatic carbocycles. The van der Waals surface area contributed by atoms with Crippen molar-refractivity contribution in [3.63, 3.8) is 0 Å². The SMILES string of the molecule is CCCCCC(=O)OCOC(=O)C(CCCCCCC(=O)O)COC(=O)CCCCC. The standard InChI is InChI=1S/C23H40O8/c1-3-5-9-15-21(26)29-17-19(13-11-7-8-12-14-20(24)25)23(28)31-18-30-22(27)16-10-6-4-2/h19H,3-18H2,1-2H3,(H,24,25). The second-order valence-electron chi connectivity index (χ2n) is 7.74. The Balaban J connectivity index is 4.38. The largest absolute Gasteiger partial charge is 0.481 e. The Bertz CT molecular complexity index is 518. The number of hydrogen-bond donors (Lipinski definition) is 1. The number of hydrogen-bond acceptors (Lipinski definition) is 7. The molecule has 0 radical (unpaired) electrons. The molecule has 1 atom stereocenters. The predicted molar refractivity (Wildman–Crippen MR) is 115 cm³/mol. The van der Waals surface area contributed by atoms with Gasteiger partial charge in [-0.3, -0.25) is 19.2 Å². The second-order valence-corrected chi connectivity index (χ2v) is 7.74. The van der Waals surface area contributed by atoms with Crippen LogP contribution in [0.25, 0.3) is 0 Å². The summed E-state index contributed by atoms with van der Waals surface area (Å²) in [6.45, 7) is 3.58. The Morgan fingerprint density at radius 2 is 1.23 bits per heavy atom. The normalized spacial score (nSPS) is 11.5. The minimum absolute atomic E-state index is 0.0661. The summed E-state index contributed by atoms with van der Waals surface area (Å²) in [5.41, 5.74) is 0. The van der Waals surface area contributed by atoms with Gasteiger partial charge in [-0.25, -0.2) is 0 Å². The van der Waals surface area contributed by atoms with Crippen molar-refractivity contribution in [2.24, 2.45) is 5.92 Å². The molecule has 0 aliphatic heterocycles. The number of aliphatic carboxylic acids is 1. The van der Waals surface area contributed by atoms with Gasteiger partial charge < -0.3 is 19.3 Å². The summed E-state index contributed by atoms with van der Waals surface area (Å²) in [6, 6.07) is 0. The number of carboxylic acid groups (broad SMARTS) is 1. The van der Waals surface area contributed by atoms with Crippen molar-refractivity contribution >= 4 is 23.9 Å². The fourth-order valence-electron chi connectivity index (χ4n) is 2.94. The van der Waals surface area contributed by atoms with Crippen LogP contribution in [0.2, 0.25) is 0 Å². The van der Waals surface area contributed by atoms with E-state index in [9.17, 15) is 19.2 Å². The van der Waals surface area contributed by atoms with Crippen molar-refractivity contribution in [2.45, 2.75) is 104 Å². The topological polar surface area (TPSA) is 116 Å². The summed E-state index contributed by atoms with van der Waals surface area (Å²) >= 11 is 0. The third kappa shape index (κ3) is 18.4. The van der Waals surface area contributed by atoms with Crippen LogP contribution in [0.3, 0.4) is 0 Å². The van der Waals surface area contributed by atoms with E-state index in [2.05, 4.69) is 0 Å². The third-order valence-corrected chi connectivity index (χ3v) is 4.86. The zero-order chi connectivity index (χ0) is 23.3. The lowest BCUT2D eigenvalue weighted by atomic mass is 10.0. The maximum atomic E-state index is 12.4. The number of unbranched alkanes of at least 4 members (excludes halogenated alkanes) is 7. The first-order chi connectivity index (χ1) is 14.9. The molecule has 0 bridgehead atoms. The fraction of sp³-hybridized carbons (Fsp3) is 0.826. The number of carboxylic acids is 1. The van der Waals surface area contributed by atoms with Crippen LogP contribution in [0.4, 0.5) is 0 Å². The lowest BCUT2D eigenvalue weighted by Crippen LogP contribution is -2.26. The monoisotopic (exact) mass is 444 g/mol. The van der Waals surface area contributed by atoms with E-state index in [1.54, 1.807) is 0 Å². The van der Waals surface area contributed by atoms with Gasteiger partial charge in [-0.2, -0.15) is 0 Å².